The third-order valence-electron chi connectivity index (χ3n) is 9.69. The van der Waals surface area contributed by atoms with E-state index in [0.717, 1.165) is 34.0 Å². The quantitative estimate of drug-likeness (QED) is 0.183. The molecule has 0 unspecified atom stereocenters. The first-order valence-electron chi connectivity index (χ1n) is 16.7. The van der Waals surface area contributed by atoms with Crippen LogP contribution in [0.15, 0.2) is 162 Å². The summed E-state index contributed by atoms with van der Waals surface area (Å²) in [6, 6.07) is 57.1. The second kappa shape index (κ2) is 10.9. The molecule has 0 fully saturated rings. The largest absolute Gasteiger partial charge is 0.456 e. The highest BCUT2D eigenvalue weighted by Gasteiger charge is 2.26. The standard InChI is InChI=1S/C46H35NO/c1-46(2,3)44-42-17-8-9-18-43(42)48-45(44)34-13-10-14-35(29-34)47(36-23-25-40-32(27-36)21-19-30-11-4-6-15-38(30)40)37-24-26-41-33(28-37)22-20-31-12-5-7-16-39(31)41/h4-29H,1-3H3. The number of benzene rings is 8. The van der Waals surface area contributed by atoms with E-state index in [4.69, 9.17) is 4.42 Å². The van der Waals surface area contributed by atoms with Crippen molar-refractivity contribution < 1.29 is 4.42 Å². The average molecular weight is 618 g/mol. The van der Waals surface area contributed by atoms with Crippen LogP contribution in [-0.4, -0.2) is 0 Å². The Labute approximate surface area is 280 Å². The van der Waals surface area contributed by atoms with Gasteiger partial charge in [-0.2, -0.15) is 0 Å². The molecule has 0 aliphatic rings. The highest BCUT2D eigenvalue weighted by Crippen LogP contribution is 2.44. The predicted molar refractivity (Wildman–Crippen MR) is 205 cm³/mol. The highest BCUT2D eigenvalue weighted by molar-refractivity contribution is 6.10. The lowest BCUT2D eigenvalue weighted by Crippen LogP contribution is -2.12. The molecule has 1 aromatic heterocycles. The van der Waals surface area contributed by atoms with Crippen molar-refractivity contribution in [3.05, 3.63) is 163 Å². The fraction of sp³-hybridized carbons (Fsp3) is 0.0870. The lowest BCUT2D eigenvalue weighted by molar-refractivity contribution is 0.568. The van der Waals surface area contributed by atoms with Crippen LogP contribution in [0.25, 0.3) is 65.4 Å². The molecule has 0 saturated heterocycles. The predicted octanol–water partition coefficient (Wildman–Crippen LogP) is 13.5. The Morgan fingerprint density at radius 2 is 0.917 bits per heavy atom. The van der Waals surface area contributed by atoms with Crippen molar-refractivity contribution in [2.75, 3.05) is 4.90 Å². The minimum absolute atomic E-state index is 0.0974. The van der Waals surface area contributed by atoms with Gasteiger partial charge in [-0.15, -0.1) is 0 Å². The average Bonchev–Trinajstić information content (AvgIpc) is 3.52. The zero-order valence-electron chi connectivity index (χ0n) is 27.4. The van der Waals surface area contributed by atoms with Crippen LogP contribution in [0.2, 0.25) is 0 Å². The van der Waals surface area contributed by atoms with Crippen molar-refractivity contribution in [3.8, 4) is 11.3 Å². The molecule has 0 N–H and O–H groups in total. The normalized spacial score (nSPS) is 12.1. The van der Waals surface area contributed by atoms with Crippen LogP contribution in [-0.2, 0) is 5.41 Å². The van der Waals surface area contributed by atoms with Gasteiger partial charge in [-0.25, -0.2) is 0 Å². The molecule has 9 rings (SSSR count). The van der Waals surface area contributed by atoms with Crippen LogP contribution in [0.3, 0.4) is 0 Å². The Hall–Kier alpha value is -5.86. The van der Waals surface area contributed by atoms with Crippen molar-refractivity contribution in [3.63, 3.8) is 0 Å². The van der Waals surface area contributed by atoms with E-state index < -0.39 is 0 Å². The smallest absolute Gasteiger partial charge is 0.139 e. The molecule has 0 amide bonds. The van der Waals surface area contributed by atoms with Gasteiger partial charge in [0.1, 0.15) is 11.3 Å². The number of furan rings is 1. The molecule has 1 heterocycles. The van der Waals surface area contributed by atoms with Crippen molar-refractivity contribution in [1.29, 1.82) is 0 Å². The van der Waals surface area contributed by atoms with Crippen molar-refractivity contribution in [2.24, 2.45) is 0 Å². The van der Waals surface area contributed by atoms with Gasteiger partial charge >= 0.3 is 0 Å². The molecule has 0 atom stereocenters. The highest BCUT2D eigenvalue weighted by atomic mass is 16.3. The van der Waals surface area contributed by atoms with Gasteiger partial charge < -0.3 is 9.32 Å². The summed E-state index contributed by atoms with van der Waals surface area (Å²) in [5.41, 5.74) is 6.41. The molecule has 9 aromatic rings. The summed E-state index contributed by atoms with van der Waals surface area (Å²) in [5, 5.41) is 11.2. The van der Waals surface area contributed by atoms with Gasteiger partial charge in [0, 0.05) is 33.6 Å². The lowest BCUT2D eigenvalue weighted by atomic mass is 9.83. The molecular weight excluding hydrogens is 583 g/mol. The maximum Gasteiger partial charge on any atom is 0.139 e. The van der Waals surface area contributed by atoms with E-state index in [1.807, 2.05) is 6.07 Å². The molecule has 2 heteroatoms. The van der Waals surface area contributed by atoms with Gasteiger partial charge in [0.2, 0.25) is 0 Å². The topological polar surface area (TPSA) is 16.4 Å². The number of nitrogens with zero attached hydrogens (tertiary/aromatic N) is 1. The van der Waals surface area contributed by atoms with Gasteiger partial charge in [0.25, 0.3) is 0 Å². The van der Waals surface area contributed by atoms with Crippen LogP contribution >= 0.6 is 0 Å². The molecule has 48 heavy (non-hydrogen) atoms. The second-order valence-electron chi connectivity index (χ2n) is 13.8. The van der Waals surface area contributed by atoms with E-state index >= 15 is 0 Å². The fourth-order valence-corrected chi connectivity index (χ4v) is 7.51. The lowest BCUT2D eigenvalue weighted by Gasteiger charge is -2.27. The Morgan fingerprint density at radius 1 is 0.417 bits per heavy atom. The third kappa shape index (κ3) is 4.64. The number of fused-ring (bicyclic) bond motifs is 7. The summed E-state index contributed by atoms with van der Waals surface area (Å²) >= 11 is 0. The maximum atomic E-state index is 6.64. The zero-order chi connectivity index (χ0) is 32.4. The molecular formula is C46H35NO. The van der Waals surface area contributed by atoms with Gasteiger partial charge in [-0.05, 0) is 91.0 Å². The monoisotopic (exact) mass is 617 g/mol. The van der Waals surface area contributed by atoms with E-state index in [9.17, 15) is 0 Å². The van der Waals surface area contributed by atoms with Gasteiger partial charge in [-0.1, -0.05) is 136 Å². The number of rotatable bonds is 4. The zero-order valence-corrected chi connectivity index (χ0v) is 27.4. The molecule has 0 radical (unpaired) electrons. The third-order valence-corrected chi connectivity index (χ3v) is 9.69. The molecule has 0 bridgehead atoms. The van der Waals surface area contributed by atoms with Crippen LogP contribution in [0.1, 0.15) is 26.3 Å². The number of anilines is 3. The molecule has 230 valence electrons. The molecule has 0 aliphatic heterocycles. The summed E-state index contributed by atoms with van der Waals surface area (Å²) in [6.07, 6.45) is 0. The Bertz CT molecular complexity index is 2550. The molecule has 8 aromatic carbocycles. The summed E-state index contributed by atoms with van der Waals surface area (Å²) in [6.45, 7) is 6.80. The minimum atomic E-state index is -0.0974. The van der Waals surface area contributed by atoms with Crippen LogP contribution in [0.4, 0.5) is 17.1 Å². The Kier molecular flexibility index (Phi) is 6.42. The summed E-state index contributed by atoms with van der Waals surface area (Å²) in [5.74, 6) is 0.931. The van der Waals surface area contributed by atoms with Gasteiger partial charge in [0.15, 0.2) is 0 Å². The van der Waals surface area contributed by atoms with Crippen LogP contribution in [0.5, 0.6) is 0 Å². The fourth-order valence-electron chi connectivity index (χ4n) is 7.51. The second-order valence-corrected chi connectivity index (χ2v) is 13.8. The van der Waals surface area contributed by atoms with Crippen LogP contribution in [0, 0.1) is 0 Å². The van der Waals surface area contributed by atoms with Crippen molar-refractivity contribution in [1.82, 2.24) is 0 Å². The molecule has 0 saturated carbocycles. The first-order chi connectivity index (χ1) is 23.4. The molecule has 2 nitrogen and oxygen atoms in total. The number of hydrogen-bond donors (Lipinski definition) is 0. The maximum absolute atomic E-state index is 6.64. The SMILES string of the molecule is CC(C)(C)c1c(-c2cccc(N(c3ccc4c(ccc5ccccc54)c3)c3ccc4c(ccc5ccccc54)c3)c2)oc2ccccc12. The van der Waals surface area contributed by atoms with Crippen LogP contribution < -0.4 is 4.90 Å². The summed E-state index contributed by atoms with van der Waals surface area (Å²) in [4.78, 5) is 2.38. The molecule has 0 spiro atoms. The first-order valence-corrected chi connectivity index (χ1v) is 16.7. The number of para-hydroxylation sites is 1. The Morgan fingerprint density at radius 3 is 1.52 bits per heavy atom. The summed E-state index contributed by atoms with van der Waals surface area (Å²) < 4.78 is 6.64. The Balaban J connectivity index is 1.26. The number of hydrogen-bond acceptors (Lipinski definition) is 2. The van der Waals surface area contributed by atoms with Crippen molar-refractivity contribution >= 4 is 71.1 Å². The van der Waals surface area contributed by atoms with E-state index in [0.29, 0.717) is 0 Å². The molecule has 0 aliphatic carbocycles. The van der Waals surface area contributed by atoms with Crippen molar-refractivity contribution in [2.45, 2.75) is 26.2 Å². The summed E-state index contributed by atoms with van der Waals surface area (Å²) in [7, 11) is 0. The van der Waals surface area contributed by atoms with E-state index in [2.05, 4.69) is 177 Å². The van der Waals surface area contributed by atoms with Gasteiger partial charge in [0.05, 0.1) is 0 Å². The van der Waals surface area contributed by atoms with Gasteiger partial charge in [-0.3, -0.25) is 0 Å². The van der Waals surface area contributed by atoms with E-state index in [-0.39, 0.29) is 5.41 Å². The minimum Gasteiger partial charge on any atom is -0.456 e. The first kappa shape index (κ1) is 28.4. The van der Waals surface area contributed by atoms with E-state index in [1.54, 1.807) is 0 Å². The van der Waals surface area contributed by atoms with E-state index in [1.165, 1.54) is 54.0 Å².